The zero-order valence-corrected chi connectivity index (χ0v) is 30.3. The number of hydrogen-bond acceptors (Lipinski definition) is 10. The summed E-state index contributed by atoms with van der Waals surface area (Å²) in [5.41, 5.74) is 0.0358. The molecule has 0 saturated heterocycles. The number of nitrogens with zero attached hydrogens (tertiary/aromatic N) is 1. The highest BCUT2D eigenvalue weighted by atomic mass is 79.9. The van der Waals surface area contributed by atoms with Crippen molar-refractivity contribution >= 4 is 37.6 Å². The number of nitrogens with one attached hydrogen (secondary N) is 1. The number of amides is 1. The van der Waals surface area contributed by atoms with Gasteiger partial charge in [0.2, 0.25) is 5.90 Å². The molecule has 0 unspecified atom stereocenters. The van der Waals surface area contributed by atoms with Gasteiger partial charge < -0.3 is 34.1 Å². The molecule has 2 atom stereocenters. The normalized spacial score (nSPS) is 17.0. The predicted octanol–water partition coefficient (Wildman–Crippen LogP) is 5.67. The highest BCUT2D eigenvalue weighted by Gasteiger charge is 2.53. The van der Waals surface area contributed by atoms with Crippen molar-refractivity contribution in [1.82, 2.24) is 5.32 Å². The van der Waals surface area contributed by atoms with Gasteiger partial charge in [-0.05, 0) is 54.1 Å². The van der Waals surface area contributed by atoms with E-state index in [1.54, 1.807) is 54.6 Å². The molecule has 1 aliphatic heterocycles. The van der Waals surface area contributed by atoms with Crippen molar-refractivity contribution in [1.29, 1.82) is 0 Å². The quantitative estimate of drug-likeness (QED) is 0.138. The summed E-state index contributed by atoms with van der Waals surface area (Å²) >= 11 is 3.47. The van der Waals surface area contributed by atoms with E-state index >= 15 is 0 Å². The van der Waals surface area contributed by atoms with Gasteiger partial charge in [-0.1, -0.05) is 46.3 Å². The Bertz CT molecular complexity index is 1880. The Labute approximate surface area is 300 Å². The third kappa shape index (κ3) is 8.23. The van der Waals surface area contributed by atoms with Crippen LogP contribution in [0.2, 0.25) is 0 Å². The number of carbonyl (C=O) groups excluding carboxylic acids is 1. The van der Waals surface area contributed by atoms with Crippen LogP contribution in [0.4, 0.5) is 0 Å². The number of hydrogen-bond donors (Lipinski definition) is 2. The van der Waals surface area contributed by atoms with Gasteiger partial charge in [0.15, 0.2) is 21.5 Å². The third-order valence-corrected chi connectivity index (χ3v) is 10.6. The van der Waals surface area contributed by atoms with Crippen LogP contribution in [-0.2, 0) is 25.9 Å². The van der Waals surface area contributed by atoms with E-state index in [0.29, 0.717) is 52.7 Å². The smallest absolute Gasteiger partial charge is 0.252 e. The average molecular weight is 768 g/mol. The standard InChI is InChI=1S/C37H39BrN2O9S/c1-45-29-22-32(46-2)31(33(23-29)47-3)24-39-36(42)37(18-21-50(43,44)30-8-5-4-6-9-30)34(25-10-14-27(38)15-11-25)49-35(40-37)26-12-16-28(17-13-26)48-20-7-19-41/h4-6,8-17,22-23,34,41H,7,18-21,24H2,1-3H3,(H,39,42)/t34-,37-/m1/s1. The molecule has 11 nitrogen and oxygen atoms in total. The summed E-state index contributed by atoms with van der Waals surface area (Å²) in [5, 5.41) is 12.1. The molecule has 1 heterocycles. The number of aliphatic hydroxyl groups is 1. The van der Waals surface area contributed by atoms with Crippen LogP contribution in [0.3, 0.4) is 0 Å². The molecule has 1 aliphatic rings. The maximum absolute atomic E-state index is 14.7. The molecule has 4 aromatic carbocycles. The van der Waals surface area contributed by atoms with Crippen LogP contribution >= 0.6 is 15.9 Å². The first-order chi connectivity index (χ1) is 24.1. The fraction of sp³-hybridized carbons (Fsp3) is 0.297. The van der Waals surface area contributed by atoms with Gasteiger partial charge >= 0.3 is 0 Å². The predicted molar refractivity (Wildman–Crippen MR) is 192 cm³/mol. The minimum absolute atomic E-state index is 0.0162. The van der Waals surface area contributed by atoms with E-state index in [4.69, 9.17) is 33.8 Å². The minimum atomic E-state index is -3.83. The SMILES string of the molecule is COc1cc(OC)c(CNC(=O)[C@]2(CCS(=O)(=O)c3ccccc3)N=C(c3ccc(OCCCO)cc3)O[C@@H]2c2ccc(Br)cc2)c(OC)c1. The lowest BCUT2D eigenvalue weighted by Crippen LogP contribution is -2.49. The van der Waals surface area contributed by atoms with Gasteiger partial charge in [0, 0.05) is 41.6 Å². The molecule has 2 N–H and O–H groups in total. The van der Waals surface area contributed by atoms with Crippen molar-refractivity contribution in [2.24, 2.45) is 4.99 Å². The van der Waals surface area contributed by atoms with Crippen LogP contribution < -0.4 is 24.3 Å². The van der Waals surface area contributed by atoms with Gasteiger partial charge in [-0.15, -0.1) is 0 Å². The van der Waals surface area contributed by atoms with E-state index < -0.39 is 27.4 Å². The number of rotatable bonds is 16. The number of benzene rings is 4. The highest BCUT2D eigenvalue weighted by molar-refractivity contribution is 9.10. The number of halogens is 1. The number of aliphatic hydroxyl groups excluding tert-OH is 1. The van der Waals surface area contributed by atoms with Crippen molar-refractivity contribution < 1.29 is 42.0 Å². The summed E-state index contributed by atoms with van der Waals surface area (Å²) in [6.07, 6.45) is -0.694. The molecule has 4 aromatic rings. The fourth-order valence-corrected chi connectivity index (χ4v) is 7.27. The molecule has 1 amide bonds. The molecule has 0 spiro atoms. The summed E-state index contributed by atoms with van der Waals surface area (Å²) in [6.45, 7) is 0.338. The molecule has 0 fully saturated rings. The van der Waals surface area contributed by atoms with Crippen molar-refractivity contribution in [3.63, 3.8) is 0 Å². The molecule has 13 heteroatoms. The molecule has 0 aliphatic carbocycles. The summed E-state index contributed by atoms with van der Waals surface area (Å²) in [5.74, 6) is 1.20. The molecule has 264 valence electrons. The van der Waals surface area contributed by atoms with Gasteiger partial charge in [0.05, 0.1) is 50.7 Å². The Hall–Kier alpha value is -4.59. The van der Waals surface area contributed by atoms with Crippen LogP contribution in [0, 0.1) is 0 Å². The van der Waals surface area contributed by atoms with Gasteiger partial charge in [0.25, 0.3) is 5.91 Å². The number of carbonyl (C=O) groups is 1. The van der Waals surface area contributed by atoms with Crippen molar-refractivity contribution in [2.45, 2.75) is 35.9 Å². The van der Waals surface area contributed by atoms with Crippen LogP contribution in [0.15, 0.2) is 105 Å². The third-order valence-electron chi connectivity index (χ3n) is 8.30. The van der Waals surface area contributed by atoms with Gasteiger partial charge in [-0.3, -0.25) is 4.79 Å². The number of aliphatic imine (C=N–C) groups is 1. The molecule has 50 heavy (non-hydrogen) atoms. The van der Waals surface area contributed by atoms with E-state index in [0.717, 1.165) is 4.47 Å². The second-order valence-corrected chi connectivity index (χ2v) is 14.4. The van der Waals surface area contributed by atoms with Crippen molar-refractivity contribution in [3.05, 3.63) is 112 Å². The maximum Gasteiger partial charge on any atom is 0.252 e. The van der Waals surface area contributed by atoms with E-state index in [2.05, 4.69) is 21.2 Å². The molecule has 0 radical (unpaired) electrons. The Morgan fingerprint density at radius 1 is 0.920 bits per heavy atom. The van der Waals surface area contributed by atoms with Gasteiger partial charge in [0.1, 0.15) is 23.0 Å². The lowest BCUT2D eigenvalue weighted by molar-refractivity contribution is -0.129. The van der Waals surface area contributed by atoms with Crippen LogP contribution in [0.5, 0.6) is 23.0 Å². The van der Waals surface area contributed by atoms with Crippen molar-refractivity contribution in [2.75, 3.05) is 40.3 Å². The topological polar surface area (TPSA) is 142 Å². The molecule has 0 bridgehead atoms. The first-order valence-corrected chi connectivity index (χ1v) is 18.3. The maximum atomic E-state index is 14.7. The van der Waals surface area contributed by atoms with E-state index in [1.165, 1.54) is 33.5 Å². The Morgan fingerprint density at radius 2 is 1.58 bits per heavy atom. The van der Waals surface area contributed by atoms with E-state index in [-0.39, 0.29) is 36.1 Å². The highest BCUT2D eigenvalue weighted by Crippen LogP contribution is 2.44. The molecule has 0 aromatic heterocycles. The first kappa shape index (κ1) is 36.7. The van der Waals surface area contributed by atoms with E-state index in [1.807, 2.05) is 24.3 Å². The number of ether oxygens (including phenoxy) is 5. The minimum Gasteiger partial charge on any atom is -0.496 e. The Balaban J connectivity index is 1.58. The summed E-state index contributed by atoms with van der Waals surface area (Å²) in [6, 6.07) is 25.8. The second kappa shape index (κ2) is 16.4. The average Bonchev–Trinajstić information content (AvgIpc) is 3.54. The monoisotopic (exact) mass is 766 g/mol. The lowest BCUT2D eigenvalue weighted by Gasteiger charge is -2.31. The molecular weight excluding hydrogens is 728 g/mol. The Morgan fingerprint density at radius 3 is 2.18 bits per heavy atom. The number of methoxy groups -OCH3 is 3. The summed E-state index contributed by atoms with van der Waals surface area (Å²) < 4.78 is 56.9. The molecular formula is C37H39BrN2O9S. The summed E-state index contributed by atoms with van der Waals surface area (Å²) in [4.78, 5) is 19.8. The second-order valence-electron chi connectivity index (χ2n) is 11.4. The molecule has 5 rings (SSSR count). The van der Waals surface area contributed by atoms with Gasteiger partial charge in [-0.2, -0.15) is 0 Å². The van der Waals surface area contributed by atoms with Crippen LogP contribution in [0.25, 0.3) is 0 Å². The zero-order valence-electron chi connectivity index (χ0n) is 27.9. The van der Waals surface area contributed by atoms with Crippen LogP contribution in [-0.4, -0.2) is 71.2 Å². The Kier molecular flexibility index (Phi) is 12.0. The fourth-order valence-electron chi connectivity index (χ4n) is 5.62. The van der Waals surface area contributed by atoms with Crippen molar-refractivity contribution in [3.8, 4) is 23.0 Å². The summed E-state index contributed by atoms with van der Waals surface area (Å²) in [7, 11) is 0.706. The van der Waals surface area contributed by atoms with Gasteiger partial charge in [-0.25, -0.2) is 13.4 Å². The van der Waals surface area contributed by atoms with E-state index in [9.17, 15) is 13.2 Å². The molecule has 0 saturated carbocycles. The van der Waals surface area contributed by atoms with Crippen LogP contribution in [0.1, 0.15) is 35.6 Å². The largest absolute Gasteiger partial charge is 0.496 e. The lowest BCUT2D eigenvalue weighted by atomic mass is 9.85. The number of sulfone groups is 1. The first-order valence-electron chi connectivity index (χ1n) is 15.8. The zero-order chi connectivity index (χ0) is 35.7.